The molecule has 8 heteroatoms. The number of hydrogen-bond acceptors (Lipinski definition) is 5. The highest BCUT2D eigenvalue weighted by Crippen LogP contribution is 2.39. The number of carbonyl (C=O) groups is 2. The number of aromatic nitrogens is 2. The van der Waals surface area contributed by atoms with Gasteiger partial charge in [-0.2, -0.15) is 5.10 Å². The highest BCUT2D eigenvalue weighted by molar-refractivity contribution is 6.32. The third kappa shape index (κ3) is 3.86. The standard InChI is InChI=1S/C22H25ClN4O3/c1-2-27-22(30)18(8-11-24-27)26-12-9-14(10-13-26)15-4-3-5-16(20(15)23)17-6-7-19(28)25-21(17)29/h3-5,8,11,14,17H,2,6-7,9-10,12-13H2,1H3,(H,25,28,29). The maximum Gasteiger partial charge on any atom is 0.290 e. The van der Waals surface area contributed by atoms with Crippen molar-refractivity contribution >= 4 is 29.1 Å². The summed E-state index contributed by atoms with van der Waals surface area (Å²) in [6.07, 6.45) is 4.22. The molecule has 0 radical (unpaired) electrons. The fourth-order valence-electron chi connectivity index (χ4n) is 4.48. The van der Waals surface area contributed by atoms with E-state index in [1.54, 1.807) is 12.3 Å². The van der Waals surface area contributed by atoms with Crippen molar-refractivity contribution in [1.82, 2.24) is 15.1 Å². The summed E-state index contributed by atoms with van der Waals surface area (Å²) in [6, 6.07) is 7.63. The van der Waals surface area contributed by atoms with E-state index in [9.17, 15) is 14.4 Å². The van der Waals surface area contributed by atoms with Crippen LogP contribution >= 0.6 is 11.6 Å². The third-order valence-corrected chi connectivity index (χ3v) is 6.58. The van der Waals surface area contributed by atoms with Gasteiger partial charge in [-0.1, -0.05) is 29.8 Å². The summed E-state index contributed by atoms with van der Waals surface area (Å²) in [7, 11) is 0. The van der Waals surface area contributed by atoms with Gasteiger partial charge in [-0.25, -0.2) is 4.68 Å². The number of amides is 2. The average molecular weight is 429 g/mol. The van der Waals surface area contributed by atoms with Crippen molar-refractivity contribution in [3.63, 3.8) is 0 Å². The number of imide groups is 1. The summed E-state index contributed by atoms with van der Waals surface area (Å²) in [5.41, 5.74) is 2.46. The molecular weight excluding hydrogens is 404 g/mol. The summed E-state index contributed by atoms with van der Waals surface area (Å²) in [5, 5.41) is 7.14. The Morgan fingerprint density at radius 2 is 1.83 bits per heavy atom. The van der Waals surface area contributed by atoms with Gasteiger partial charge in [-0.15, -0.1) is 0 Å². The van der Waals surface area contributed by atoms with Crippen LogP contribution in [0.1, 0.15) is 55.6 Å². The molecule has 0 aliphatic carbocycles. The molecule has 2 amide bonds. The third-order valence-electron chi connectivity index (χ3n) is 6.14. The first-order chi connectivity index (χ1) is 14.5. The summed E-state index contributed by atoms with van der Waals surface area (Å²) < 4.78 is 1.47. The molecule has 2 saturated heterocycles. The molecule has 2 aliphatic heterocycles. The van der Waals surface area contributed by atoms with E-state index in [2.05, 4.69) is 15.3 Å². The first-order valence-corrected chi connectivity index (χ1v) is 10.8. The van der Waals surface area contributed by atoms with Gasteiger partial charge in [0.25, 0.3) is 5.56 Å². The van der Waals surface area contributed by atoms with E-state index in [1.807, 2.05) is 25.1 Å². The van der Waals surface area contributed by atoms with Crippen LogP contribution in [0.15, 0.2) is 35.3 Å². The minimum Gasteiger partial charge on any atom is -0.367 e. The van der Waals surface area contributed by atoms with Gasteiger partial charge in [0.15, 0.2) is 0 Å². The molecule has 30 heavy (non-hydrogen) atoms. The second-order valence-corrected chi connectivity index (χ2v) is 8.23. The molecule has 1 atom stereocenters. The van der Waals surface area contributed by atoms with E-state index in [0.29, 0.717) is 30.1 Å². The van der Waals surface area contributed by atoms with Crippen molar-refractivity contribution in [2.24, 2.45) is 0 Å². The molecule has 1 aromatic carbocycles. The number of hydrogen-bond donors (Lipinski definition) is 1. The highest BCUT2D eigenvalue weighted by atomic mass is 35.5. The van der Waals surface area contributed by atoms with E-state index in [4.69, 9.17) is 11.6 Å². The molecule has 0 bridgehead atoms. The van der Waals surface area contributed by atoms with Crippen LogP contribution in [0.3, 0.4) is 0 Å². The van der Waals surface area contributed by atoms with Crippen LogP contribution in [0, 0.1) is 0 Å². The Kier molecular flexibility index (Phi) is 5.90. The maximum absolute atomic E-state index is 12.6. The van der Waals surface area contributed by atoms with Crippen LogP contribution in [0.4, 0.5) is 5.69 Å². The summed E-state index contributed by atoms with van der Waals surface area (Å²) in [6.45, 7) is 3.97. The van der Waals surface area contributed by atoms with Gasteiger partial charge in [-0.05, 0) is 49.3 Å². The SMILES string of the molecule is CCn1nccc(N2CCC(c3cccc(C4CCC(=O)NC4=O)c3Cl)CC2)c1=O. The Morgan fingerprint density at radius 3 is 2.53 bits per heavy atom. The van der Waals surface area contributed by atoms with Crippen molar-refractivity contribution in [3.05, 3.63) is 57.0 Å². The van der Waals surface area contributed by atoms with Crippen LogP contribution in [0.5, 0.6) is 0 Å². The predicted octanol–water partition coefficient (Wildman–Crippen LogP) is 2.82. The predicted molar refractivity (Wildman–Crippen MR) is 115 cm³/mol. The molecule has 2 fully saturated rings. The van der Waals surface area contributed by atoms with Gasteiger partial charge in [0, 0.05) is 37.3 Å². The highest BCUT2D eigenvalue weighted by Gasteiger charge is 2.31. The van der Waals surface area contributed by atoms with Crippen LogP contribution in [0.25, 0.3) is 0 Å². The molecule has 0 saturated carbocycles. The second-order valence-electron chi connectivity index (χ2n) is 7.85. The Morgan fingerprint density at radius 1 is 1.10 bits per heavy atom. The zero-order chi connectivity index (χ0) is 21.3. The van der Waals surface area contributed by atoms with Crippen molar-refractivity contribution in [1.29, 1.82) is 0 Å². The Bertz CT molecular complexity index is 1030. The van der Waals surface area contributed by atoms with Crippen LogP contribution in [-0.2, 0) is 16.1 Å². The lowest BCUT2D eigenvalue weighted by Gasteiger charge is -2.34. The quantitative estimate of drug-likeness (QED) is 0.757. The normalized spacial score (nSPS) is 20.3. The van der Waals surface area contributed by atoms with E-state index < -0.39 is 0 Å². The molecule has 1 aromatic heterocycles. The van der Waals surface area contributed by atoms with Crippen LogP contribution in [-0.4, -0.2) is 34.7 Å². The molecule has 4 rings (SSSR count). The van der Waals surface area contributed by atoms with Gasteiger partial charge < -0.3 is 4.90 Å². The first kappa shape index (κ1) is 20.6. The molecule has 1 unspecified atom stereocenters. The number of piperidine rings is 2. The fraction of sp³-hybridized carbons (Fsp3) is 0.455. The number of nitrogens with one attached hydrogen (secondary N) is 1. The van der Waals surface area contributed by atoms with Crippen molar-refractivity contribution in [2.45, 2.75) is 51.0 Å². The van der Waals surface area contributed by atoms with Gasteiger partial charge in [0.2, 0.25) is 11.8 Å². The van der Waals surface area contributed by atoms with E-state index in [0.717, 1.165) is 37.1 Å². The number of anilines is 1. The van der Waals surface area contributed by atoms with Gasteiger partial charge in [0.1, 0.15) is 5.69 Å². The summed E-state index contributed by atoms with van der Waals surface area (Å²) in [4.78, 5) is 38.4. The van der Waals surface area contributed by atoms with E-state index >= 15 is 0 Å². The lowest BCUT2D eigenvalue weighted by molar-refractivity contribution is -0.134. The van der Waals surface area contributed by atoms with Gasteiger partial charge >= 0.3 is 0 Å². The van der Waals surface area contributed by atoms with Crippen LogP contribution < -0.4 is 15.8 Å². The molecule has 158 valence electrons. The summed E-state index contributed by atoms with van der Waals surface area (Å²) in [5.74, 6) is -0.629. The van der Waals surface area contributed by atoms with E-state index in [-0.39, 0.29) is 29.2 Å². The molecule has 3 heterocycles. The minimum absolute atomic E-state index is 0.0589. The van der Waals surface area contributed by atoms with Crippen LogP contribution in [0.2, 0.25) is 5.02 Å². The van der Waals surface area contributed by atoms with Crippen molar-refractivity contribution in [3.8, 4) is 0 Å². The molecule has 2 aromatic rings. The molecule has 0 spiro atoms. The Labute approximate surface area is 180 Å². The smallest absolute Gasteiger partial charge is 0.290 e. The zero-order valence-electron chi connectivity index (χ0n) is 16.9. The largest absolute Gasteiger partial charge is 0.367 e. The lowest BCUT2D eigenvalue weighted by atomic mass is 9.84. The number of carbonyl (C=O) groups excluding carboxylic acids is 2. The molecule has 7 nitrogen and oxygen atoms in total. The second kappa shape index (κ2) is 8.60. The lowest BCUT2D eigenvalue weighted by Crippen LogP contribution is -2.39. The number of halogens is 1. The minimum atomic E-state index is -0.389. The number of rotatable bonds is 4. The number of nitrogens with zero attached hydrogens (tertiary/aromatic N) is 3. The number of benzene rings is 1. The zero-order valence-corrected chi connectivity index (χ0v) is 17.7. The van der Waals surface area contributed by atoms with Crippen molar-refractivity contribution in [2.75, 3.05) is 18.0 Å². The number of aryl methyl sites for hydroxylation is 1. The average Bonchev–Trinajstić information content (AvgIpc) is 2.75. The molecule has 2 aliphatic rings. The Balaban J connectivity index is 1.51. The Hall–Kier alpha value is -2.67. The van der Waals surface area contributed by atoms with Gasteiger partial charge in [0.05, 0.1) is 5.92 Å². The fourth-order valence-corrected chi connectivity index (χ4v) is 4.89. The van der Waals surface area contributed by atoms with Crippen molar-refractivity contribution < 1.29 is 9.59 Å². The molecule has 1 N–H and O–H groups in total. The van der Waals surface area contributed by atoms with Gasteiger partial charge in [-0.3, -0.25) is 19.7 Å². The van der Waals surface area contributed by atoms with E-state index in [1.165, 1.54) is 4.68 Å². The molecular formula is C22H25ClN4O3. The summed E-state index contributed by atoms with van der Waals surface area (Å²) >= 11 is 6.76. The first-order valence-electron chi connectivity index (χ1n) is 10.4. The topological polar surface area (TPSA) is 84.3 Å². The monoisotopic (exact) mass is 428 g/mol. The maximum atomic E-state index is 12.6.